The summed E-state index contributed by atoms with van der Waals surface area (Å²) in [5.74, 6) is -0.641. The number of rotatable bonds is 8. The minimum Gasteiger partial charge on any atom is -0.355 e. The molecule has 1 amide bonds. The van der Waals surface area contributed by atoms with Gasteiger partial charge in [0.05, 0.1) is 0 Å². The fraction of sp³-hybridized carbons (Fsp3) is 0.462. The summed E-state index contributed by atoms with van der Waals surface area (Å²) >= 11 is 1.50. The predicted molar refractivity (Wildman–Crippen MR) is 82.2 cm³/mol. The lowest BCUT2D eigenvalue weighted by Crippen LogP contribution is -2.47. The fourth-order valence-corrected chi connectivity index (χ4v) is 3.47. The normalized spacial score (nSPS) is 12.9. The second-order valence-electron chi connectivity index (χ2n) is 4.28. The molecule has 118 valence electrons. The lowest BCUT2D eigenvalue weighted by Gasteiger charge is -2.18. The van der Waals surface area contributed by atoms with Gasteiger partial charge in [0.15, 0.2) is 0 Å². The van der Waals surface area contributed by atoms with Crippen LogP contribution in [-0.2, 0) is 14.8 Å². The van der Waals surface area contributed by atoms with E-state index in [4.69, 9.17) is 0 Å². The predicted octanol–water partition coefficient (Wildman–Crippen LogP) is 1.36. The number of carbonyl (C=O) groups excluding carboxylic acids is 1. The van der Waals surface area contributed by atoms with Gasteiger partial charge >= 0.3 is 0 Å². The Morgan fingerprint density at radius 3 is 2.62 bits per heavy atom. The van der Waals surface area contributed by atoms with E-state index >= 15 is 0 Å². The summed E-state index contributed by atoms with van der Waals surface area (Å²) < 4.78 is 40.3. The molecular weight excluding hydrogens is 315 g/mol. The van der Waals surface area contributed by atoms with E-state index in [-0.39, 0.29) is 0 Å². The van der Waals surface area contributed by atoms with E-state index in [2.05, 4.69) is 10.0 Å². The van der Waals surface area contributed by atoms with Gasteiger partial charge in [-0.3, -0.25) is 4.79 Å². The lowest BCUT2D eigenvalue weighted by molar-refractivity contribution is -0.122. The van der Waals surface area contributed by atoms with Crippen molar-refractivity contribution in [2.24, 2.45) is 0 Å². The van der Waals surface area contributed by atoms with Gasteiger partial charge in [-0.15, -0.1) is 0 Å². The first-order valence-electron chi connectivity index (χ1n) is 6.46. The van der Waals surface area contributed by atoms with E-state index in [0.29, 0.717) is 18.7 Å². The number of nitrogens with one attached hydrogen (secondary N) is 2. The van der Waals surface area contributed by atoms with Gasteiger partial charge in [0.2, 0.25) is 15.9 Å². The molecule has 0 aliphatic heterocycles. The van der Waals surface area contributed by atoms with Crippen LogP contribution in [0.3, 0.4) is 0 Å². The van der Waals surface area contributed by atoms with Crippen molar-refractivity contribution in [2.45, 2.75) is 24.3 Å². The molecule has 5 nitrogen and oxygen atoms in total. The molecule has 1 rings (SSSR count). The monoisotopic (exact) mass is 334 g/mol. The first-order valence-corrected chi connectivity index (χ1v) is 9.33. The number of benzene rings is 1. The average Bonchev–Trinajstić information content (AvgIpc) is 2.43. The highest BCUT2D eigenvalue weighted by molar-refractivity contribution is 7.98. The van der Waals surface area contributed by atoms with E-state index in [1.807, 2.05) is 6.26 Å². The number of hydrogen-bond donors (Lipinski definition) is 2. The van der Waals surface area contributed by atoms with Gasteiger partial charge in [0.1, 0.15) is 16.8 Å². The topological polar surface area (TPSA) is 75.3 Å². The number of likely N-dealkylation sites (N-methyl/N-ethyl adjacent to an activating group) is 1. The Hall–Kier alpha value is -1.12. The first kappa shape index (κ1) is 17.9. The molecule has 0 aromatic heterocycles. The van der Waals surface area contributed by atoms with Gasteiger partial charge in [-0.05, 0) is 37.5 Å². The van der Waals surface area contributed by atoms with Crippen LogP contribution in [0, 0.1) is 5.82 Å². The summed E-state index contributed by atoms with van der Waals surface area (Å²) in [6.07, 6.45) is 2.20. The number of halogens is 1. The minimum atomic E-state index is -4.08. The largest absolute Gasteiger partial charge is 0.355 e. The molecule has 0 aliphatic carbocycles. The van der Waals surface area contributed by atoms with Crippen LogP contribution in [0.4, 0.5) is 4.39 Å². The van der Waals surface area contributed by atoms with Gasteiger partial charge in [-0.2, -0.15) is 16.5 Å². The summed E-state index contributed by atoms with van der Waals surface area (Å²) in [7, 11) is -4.08. The van der Waals surface area contributed by atoms with E-state index in [1.54, 1.807) is 6.92 Å². The molecule has 1 atom stereocenters. The van der Waals surface area contributed by atoms with Crippen LogP contribution < -0.4 is 10.0 Å². The Balaban J connectivity index is 2.95. The molecule has 2 N–H and O–H groups in total. The maximum absolute atomic E-state index is 13.6. The van der Waals surface area contributed by atoms with Crippen molar-refractivity contribution in [1.29, 1.82) is 0 Å². The van der Waals surface area contributed by atoms with Crippen molar-refractivity contribution < 1.29 is 17.6 Å². The molecule has 0 aliphatic rings. The van der Waals surface area contributed by atoms with Gasteiger partial charge in [0, 0.05) is 6.54 Å². The third-order valence-corrected chi connectivity index (χ3v) is 4.85. The number of amides is 1. The summed E-state index contributed by atoms with van der Waals surface area (Å²) in [5, 5.41) is 2.57. The van der Waals surface area contributed by atoms with Gasteiger partial charge in [-0.25, -0.2) is 12.8 Å². The van der Waals surface area contributed by atoms with Crippen LogP contribution in [0.25, 0.3) is 0 Å². The molecule has 21 heavy (non-hydrogen) atoms. The summed E-state index contributed by atoms with van der Waals surface area (Å²) in [6, 6.07) is 4.16. The van der Waals surface area contributed by atoms with Crippen LogP contribution in [0.5, 0.6) is 0 Å². The van der Waals surface area contributed by atoms with Crippen LogP contribution in [0.15, 0.2) is 29.2 Å². The van der Waals surface area contributed by atoms with Crippen molar-refractivity contribution in [1.82, 2.24) is 10.0 Å². The van der Waals surface area contributed by atoms with Gasteiger partial charge in [0.25, 0.3) is 0 Å². The molecule has 0 saturated heterocycles. The second kappa shape index (κ2) is 8.35. The molecule has 1 aromatic carbocycles. The van der Waals surface area contributed by atoms with E-state index in [9.17, 15) is 17.6 Å². The van der Waals surface area contributed by atoms with Crippen molar-refractivity contribution >= 4 is 27.7 Å². The summed E-state index contributed by atoms with van der Waals surface area (Å²) in [6.45, 7) is 2.14. The SMILES string of the molecule is CCNC(=O)C(CCSC)NS(=O)(=O)c1ccccc1F. The van der Waals surface area contributed by atoms with Gasteiger partial charge < -0.3 is 5.32 Å². The highest BCUT2D eigenvalue weighted by atomic mass is 32.2. The summed E-state index contributed by atoms with van der Waals surface area (Å²) in [4.78, 5) is 11.4. The number of sulfonamides is 1. The smallest absolute Gasteiger partial charge is 0.244 e. The fourth-order valence-electron chi connectivity index (χ4n) is 1.69. The number of hydrogen-bond acceptors (Lipinski definition) is 4. The second-order valence-corrected chi connectivity index (χ2v) is 6.95. The standard InChI is InChI=1S/C13H19FN2O3S2/c1-3-15-13(17)11(8-9-20-2)16-21(18,19)12-7-5-4-6-10(12)14/h4-7,11,16H,3,8-9H2,1-2H3,(H,15,17). The Morgan fingerprint density at radius 1 is 1.38 bits per heavy atom. The molecule has 0 heterocycles. The molecular formula is C13H19FN2O3S2. The van der Waals surface area contributed by atoms with Crippen molar-refractivity contribution in [3.63, 3.8) is 0 Å². The molecule has 1 aromatic rings. The van der Waals surface area contributed by atoms with Crippen LogP contribution in [-0.4, -0.2) is 38.9 Å². The molecule has 1 unspecified atom stereocenters. The zero-order valence-corrected chi connectivity index (χ0v) is 13.6. The molecule has 8 heteroatoms. The van der Waals surface area contributed by atoms with Gasteiger partial charge in [-0.1, -0.05) is 12.1 Å². The number of thioether (sulfide) groups is 1. The van der Waals surface area contributed by atoms with E-state index in [1.165, 1.54) is 30.0 Å². The zero-order valence-electron chi connectivity index (χ0n) is 11.9. The molecule has 0 spiro atoms. The number of carbonyl (C=O) groups is 1. The first-order chi connectivity index (χ1) is 9.92. The van der Waals surface area contributed by atoms with Crippen molar-refractivity contribution in [2.75, 3.05) is 18.6 Å². The Bertz CT molecular complexity index is 579. The minimum absolute atomic E-state index is 0.334. The third-order valence-electron chi connectivity index (χ3n) is 2.70. The quantitative estimate of drug-likeness (QED) is 0.753. The highest BCUT2D eigenvalue weighted by Crippen LogP contribution is 2.14. The van der Waals surface area contributed by atoms with E-state index in [0.717, 1.165) is 6.07 Å². The lowest BCUT2D eigenvalue weighted by atomic mass is 10.2. The molecule has 0 radical (unpaired) electrons. The molecule has 0 fully saturated rings. The Kier molecular flexibility index (Phi) is 7.13. The maximum Gasteiger partial charge on any atom is 0.244 e. The van der Waals surface area contributed by atoms with E-state index < -0.39 is 32.7 Å². The highest BCUT2D eigenvalue weighted by Gasteiger charge is 2.26. The van der Waals surface area contributed by atoms with Crippen LogP contribution in [0.1, 0.15) is 13.3 Å². The van der Waals surface area contributed by atoms with Crippen molar-refractivity contribution in [3.8, 4) is 0 Å². The zero-order chi connectivity index (χ0) is 15.9. The van der Waals surface area contributed by atoms with Crippen LogP contribution in [0.2, 0.25) is 0 Å². The Labute approximate surface area is 128 Å². The molecule has 0 saturated carbocycles. The average molecular weight is 334 g/mol. The summed E-state index contributed by atoms with van der Waals surface area (Å²) in [5.41, 5.74) is 0. The molecule has 0 bridgehead atoms. The third kappa shape index (κ3) is 5.29. The van der Waals surface area contributed by atoms with Crippen LogP contribution >= 0.6 is 11.8 Å². The Morgan fingerprint density at radius 2 is 2.05 bits per heavy atom. The maximum atomic E-state index is 13.6. The van der Waals surface area contributed by atoms with Crippen molar-refractivity contribution in [3.05, 3.63) is 30.1 Å².